The molecular formula is C16H10FN3OS. The van der Waals surface area contributed by atoms with E-state index in [0.29, 0.717) is 5.69 Å². The first-order chi connectivity index (χ1) is 10.7. The number of hydrogen-bond donors (Lipinski definition) is 1. The summed E-state index contributed by atoms with van der Waals surface area (Å²) < 4.78 is 14.0. The van der Waals surface area contributed by atoms with E-state index in [1.54, 1.807) is 24.3 Å². The smallest absolute Gasteiger partial charge is 0.238 e. The van der Waals surface area contributed by atoms with Crippen LogP contribution in [0.25, 0.3) is 20.8 Å². The molecule has 0 aliphatic rings. The molecule has 4 nitrogen and oxygen atoms in total. The van der Waals surface area contributed by atoms with Gasteiger partial charge >= 0.3 is 0 Å². The Morgan fingerprint density at radius 3 is 2.77 bits per heavy atom. The molecule has 1 heterocycles. The fraction of sp³-hybridized carbons (Fsp3) is 0.0625. The number of amides is 1. The van der Waals surface area contributed by atoms with Crippen LogP contribution in [0, 0.1) is 17.1 Å². The molecule has 0 unspecified atom stereocenters. The Morgan fingerprint density at radius 2 is 2.05 bits per heavy atom. The van der Waals surface area contributed by atoms with E-state index >= 15 is 0 Å². The van der Waals surface area contributed by atoms with Gasteiger partial charge in [0.05, 0.1) is 16.3 Å². The summed E-state index contributed by atoms with van der Waals surface area (Å²) in [5.41, 5.74) is 2.27. The molecule has 3 rings (SSSR count). The Hall–Kier alpha value is -2.78. The molecule has 1 amide bonds. The lowest BCUT2D eigenvalue weighted by molar-refractivity contribution is -0.115. The number of nitrogens with zero attached hydrogens (tertiary/aromatic N) is 2. The Balaban J connectivity index is 1.85. The highest BCUT2D eigenvalue weighted by molar-refractivity contribution is 7.21. The highest BCUT2D eigenvalue weighted by Crippen LogP contribution is 2.31. The standard InChI is InChI=1S/C16H10FN3OS/c17-11-3-6-13-14(9-11)22-16(20-13)10-1-4-12(5-2-10)19-15(21)7-8-18/h1-6,9H,7H2,(H,19,21). The van der Waals surface area contributed by atoms with E-state index in [4.69, 9.17) is 5.26 Å². The Morgan fingerprint density at radius 1 is 1.27 bits per heavy atom. The van der Waals surface area contributed by atoms with Crippen molar-refractivity contribution < 1.29 is 9.18 Å². The van der Waals surface area contributed by atoms with Crippen molar-refractivity contribution in [3.05, 3.63) is 48.3 Å². The van der Waals surface area contributed by atoms with Crippen LogP contribution in [-0.2, 0) is 4.79 Å². The Kier molecular flexibility index (Phi) is 3.81. The maximum Gasteiger partial charge on any atom is 0.238 e. The third-order valence-corrected chi connectivity index (χ3v) is 4.07. The number of carbonyl (C=O) groups excluding carboxylic acids is 1. The van der Waals surface area contributed by atoms with E-state index in [-0.39, 0.29) is 18.1 Å². The molecule has 3 aromatic rings. The molecule has 0 radical (unpaired) electrons. The minimum atomic E-state index is -0.342. The maximum absolute atomic E-state index is 13.2. The van der Waals surface area contributed by atoms with Crippen LogP contribution in [0.3, 0.4) is 0 Å². The number of hydrogen-bond acceptors (Lipinski definition) is 4. The van der Waals surface area contributed by atoms with Crippen LogP contribution < -0.4 is 5.32 Å². The van der Waals surface area contributed by atoms with E-state index in [1.165, 1.54) is 23.5 Å². The van der Waals surface area contributed by atoms with Crippen LogP contribution in [0.2, 0.25) is 0 Å². The predicted molar refractivity (Wildman–Crippen MR) is 83.9 cm³/mol. The average molecular weight is 311 g/mol. The summed E-state index contributed by atoms with van der Waals surface area (Å²) in [6.45, 7) is 0. The number of carbonyl (C=O) groups is 1. The van der Waals surface area contributed by atoms with Gasteiger partial charge in [-0.05, 0) is 42.5 Å². The van der Waals surface area contributed by atoms with Crippen molar-refractivity contribution in [3.63, 3.8) is 0 Å². The van der Waals surface area contributed by atoms with E-state index in [2.05, 4.69) is 10.3 Å². The van der Waals surface area contributed by atoms with Gasteiger partial charge in [0.1, 0.15) is 17.2 Å². The van der Waals surface area contributed by atoms with Crippen molar-refractivity contribution in [3.8, 4) is 16.6 Å². The Labute approximate surface area is 129 Å². The summed E-state index contributed by atoms with van der Waals surface area (Å²) in [4.78, 5) is 15.8. The number of benzene rings is 2. The molecule has 1 N–H and O–H groups in total. The molecule has 0 spiro atoms. The lowest BCUT2D eigenvalue weighted by Crippen LogP contribution is -2.09. The second-order valence-electron chi connectivity index (χ2n) is 4.59. The zero-order chi connectivity index (χ0) is 15.5. The number of aromatic nitrogens is 1. The molecule has 0 saturated carbocycles. The average Bonchev–Trinajstić information content (AvgIpc) is 2.91. The highest BCUT2D eigenvalue weighted by Gasteiger charge is 2.08. The summed E-state index contributed by atoms with van der Waals surface area (Å²) in [5, 5.41) is 11.9. The fourth-order valence-electron chi connectivity index (χ4n) is 2.00. The van der Waals surface area contributed by atoms with Gasteiger partial charge in [0.15, 0.2) is 0 Å². The van der Waals surface area contributed by atoms with Crippen LogP contribution in [0.1, 0.15) is 6.42 Å². The molecule has 0 atom stereocenters. The number of rotatable bonds is 3. The quantitative estimate of drug-likeness (QED) is 0.796. The van der Waals surface area contributed by atoms with Crippen molar-refractivity contribution in [2.24, 2.45) is 0 Å². The maximum atomic E-state index is 13.2. The van der Waals surface area contributed by atoms with Gasteiger partial charge < -0.3 is 5.32 Å². The van der Waals surface area contributed by atoms with E-state index < -0.39 is 0 Å². The second kappa shape index (κ2) is 5.92. The first-order valence-electron chi connectivity index (χ1n) is 6.49. The normalized spacial score (nSPS) is 10.4. The van der Waals surface area contributed by atoms with Gasteiger partial charge in [-0.3, -0.25) is 4.79 Å². The monoisotopic (exact) mass is 311 g/mol. The minimum Gasteiger partial charge on any atom is -0.325 e. The third kappa shape index (κ3) is 2.95. The van der Waals surface area contributed by atoms with Crippen LogP contribution >= 0.6 is 11.3 Å². The summed E-state index contributed by atoms with van der Waals surface area (Å²) in [7, 11) is 0. The van der Waals surface area contributed by atoms with Crippen molar-refractivity contribution in [1.29, 1.82) is 5.26 Å². The van der Waals surface area contributed by atoms with E-state index in [9.17, 15) is 9.18 Å². The number of nitriles is 1. The van der Waals surface area contributed by atoms with Crippen molar-refractivity contribution in [2.45, 2.75) is 6.42 Å². The van der Waals surface area contributed by atoms with Gasteiger partial charge in [-0.15, -0.1) is 11.3 Å². The Bertz CT molecular complexity index is 881. The number of halogens is 1. The lowest BCUT2D eigenvalue weighted by Gasteiger charge is -2.03. The highest BCUT2D eigenvalue weighted by atomic mass is 32.1. The van der Waals surface area contributed by atoms with Crippen molar-refractivity contribution in [2.75, 3.05) is 5.32 Å². The SMILES string of the molecule is N#CCC(=O)Nc1ccc(-c2nc3ccc(F)cc3s2)cc1. The molecule has 108 valence electrons. The van der Waals surface area contributed by atoms with Crippen LogP contribution in [0.5, 0.6) is 0 Å². The molecule has 0 bridgehead atoms. The van der Waals surface area contributed by atoms with E-state index in [0.717, 1.165) is 20.8 Å². The third-order valence-electron chi connectivity index (χ3n) is 3.01. The van der Waals surface area contributed by atoms with Gasteiger partial charge in [-0.2, -0.15) is 5.26 Å². The molecular weight excluding hydrogens is 301 g/mol. The molecule has 1 aromatic heterocycles. The number of fused-ring (bicyclic) bond motifs is 1. The summed E-state index contributed by atoms with van der Waals surface area (Å²) >= 11 is 1.41. The zero-order valence-corrected chi connectivity index (χ0v) is 12.2. The summed E-state index contributed by atoms with van der Waals surface area (Å²) in [6.07, 6.45) is -0.175. The first kappa shape index (κ1) is 14.2. The van der Waals surface area contributed by atoms with Gasteiger partial charge in [0.2, 0.25) is 5.91 Å². The minimum absolute atomic E-state index is 0.175. The van der Waals surface area contributed by atoms with Crippen LogP contribution in [0.15, 0.2) is 42.5 Å². The van der Waals surface area contributed by atoms with Crippen molar-refractivity contribution >= 4 is 33.1 Å². The molecule has 2 aromatic carbocycles. The van der Waals surface area contributed by atoms with Crippen molar-refractivity contribution in [1.82, 2.24) is 4.98 Å². The second-order valence-corrected chi connectivity index (χ2v) is 5.62. The first-order valence-corrected chi connectivity index (χ1v) is 7.31. The molecule has 0 fully saturated rings. The van der Waals surface area contributed by atoms with Gasteiger partial charge in [0, 0.05) is 11.3 Å². The van der Waals surface area contributed by atoms with Gasteiger partial charge in [0.25, 0.3) is 0 Å². The lowest BCUT2D eigenvalue weighted by atomic mass is 10.2. The predicted octanol–water partition coefficient (Wildman–Crippen LogP) is 3.95. The molecule has 0 aliphatic heterocycles. The van der Waals surface area contributed by atoms with Gasteiger partial charge in [-0.25, -0.2) is 9.37 Å². The molecule has 0 saturated heterocycles. The fourth-order valence-corrected chi connectivity index (χ4v) is 2.99. The zero-order valence-electron chi connectivity index (χ0n) is 11.3. The molecule has 6 heteroatoms. The van der Waals surface area contributed by atoms with E-state index in [1.807, 2.05) is 12.1 Å². The number of thiazole rings is 1. The van der Waals surface area contributed by atoms with Gasteiger partial charge in [-0.1, -0.05) is 0 Å². The largest absolute Gasteiger partial charge is 0.325 e. The molecule has 22 heavy (non-hydrogen) atoms. The number of nitrogens with one attached hydrogen (secondary N) is 1. The molecule has 0 aliphatic carbocycles. The summed E-state index contributed by atoms with van der Waals surface area (Å²) in [6, 6.07) is 13.5. The van der Waals surface area contributed by atoms with Crippen LogP contribution in [-0.4, -0.2) is 10.9 Å². The topological polar surface area (TPSA) is 65.8 Å². The summed E-state index contributed by atoms with van der Waals surface area (Å²) in [5.74, 6) is -0.621. The van der Waals surface area contributed by atoms with Crippen LogP contribution in [0.4, 0.5) is 10.1 Å². The number of anilines is 1.